The van der Waals surface area contributed by atoms with Crippen molar-refractivity contribution < 1.29 is 14.1 Å². The van der Waals surface area contributed by atoms with E-state index in [1.165, 1.54) is 0 Å². The van der Waals surface area contributed by atoms with Gasteiger partial charge >= 0.3 is 0 Å². The Hall–Kier alpha value is -2.89. The van der Waals surface area contributed by atoms with Gasteiger partial charge in [0.15, 0.2) is 11.9 Å². The fourth-order valence-corrected chi connectivity index (χ4v) is 2.21. The van der Waals surface area contributed by atoms with Crippen molar-refractivity contribution in [2.45, 2.75) is 26.9 Å². The highest BCUT2D eigenvalue weighted by molar-refractivity contribution is 5.93. The molecule has 2 aromatic heterocycles. The molecule has 0 aliphatic carbocycles. The van der Waals surface area contributed by atoms with Crippen LogP contribution in [0.3, 0.4) is 0 Å². The fraction of sp³-hybridized carbons (Fsp3) is 0.235. The zero-order valence-electron chi connectivity index (χ0n) is 13.2. The van der Waals surface area contributed by atoms with Gasteiger partial charge in [-0.1, -0.05) is 23.4 Å². The van der Waals surface area contributed by atoms with Crippen LogP contribution in [0, 0.1) is 13.8 Å². The first-order chi connectivity index (χ1) is 11.0. The Kier molecular flexibility index (Phi) is 3.97. The van der Waals surface area contributed by atoms with Gasteiger partial charge in [-0.15, -0.1) is 0 Å². The second kappa shape index (κ2) is 6.08. The predicted molar refractivity (Wildman–Crippen MR) is 86.4 cm³/mol. The first-order valence-corrected chi connectivity index (χ1v) is 7.30. The van der Waals surface area contributed by atoms with E-state index in [1.807, 2.05) is 31.2 Å². The minimum Gasteiger partial charge on any atom is -0.479 e. The Morgan fingerprint density at radius 2 is 2.09 bits per heavy atom. The Morgan fingerprint density at radius 1 is 1.26 bits per heavy atom. The first kappa shape index (κ1) is 15.0. The number of nitrogens with zero attached hydrogens (tertiary/aromatic N) is 2. The number of amides is 1. The second-order valence-corrected chi connectivity index (χ2v) is 5.35. The molecule has 0 spiro atoms. The van der Waals surface area contributed by atoms with Crippen LogP contribution in [0.1, 0.15) is 18.4 Å². The molecule has 1 N–H and O–H groups in total. The van der Waals surface area contributed by atoms with Gasteiger partial charge < -0.3 is 14.6 Å². The minimum absolute atomic E-state index is 0.303. The van der Waals surface area contributed by atoms with Crippen LogP contribution in [0.2, 0.25) is 0 Å². The molecule has 118 valence electrons. The van der Waals surface area contributed by atoms with Crippen molar-refractivity contribution in [3.8, 4) is 5.75 Å². The van der Waals surface area contributed by atoms with Crippen LogP contribution in [0.15, 0.2) is 40.9 Å². The third-order valence-corrected chi connectivity index (χ3v) is 3.37. The summed E-state index contributed by atoms with van der Waals surface area (Å²) in [5.41, 5.74) is 1.63. The average molecular weight is 311 g/mol. The molecule has 1 atom stereocenters. The van der Waals surface area contributed by atoms with E-state index in [4.69, 9.17) is 9.26 Å². The highest BCUT2D eigenvalue weighted by atomic mass is 16.5. The average Bonchev–Trinajstić information content (AvgIpc) is 2.93. The van der Waals surface area contributed by atoms with E-state index in [0.717, 1.165) is 16.6 Å². The van der Waals surface area contributed by atoms with Gasteiger partial charge in [-0.2, -0.15) is 0 Å². The Bertz CT molecular complexity index is 857. The van der Waals surface area contributed by atoms with Crippen LogP contribution in [0.25, 0.3) is 10.9 Å². The van der Waals surface area contributed by atoms with Crippen molar-refractivity contribution >= 4 is 22.6 Å². The van der Waals surface area contributed by atoms with E-state index in [0.29, 0.717) is 17.3 Å². The van der Waals surface area contributed by atoms with Crippen LogP contribution < -0.4 is 10.1 Å². The van der Waals surface area contributed by atoms with Crippen LogP contribution in [0.4, 0.5) is 5.82 Å². The molecule has 2 heterocycles. The largest absolute Gasteiger partial charge is 0.479 e. The fourth-order valence-electron chi connectivity index (χ4n) is 2.21. The molecular formula is C17H17N3O3. The maximum atomic E-state index is 12.2. The lowest BCUT2D eigenvalue weighted by Gasteiger charge is -2.15. The summed E-state index contributed by atoms with van der Waals surface area (Å²) in [5, 5.41) is 7.35. The van der Waals surface area contributed by atoms with Crippen LogP contribution in [-0.4, -0.2) is 22.2 Å². The lowest BCUT2D eigenvalue weighted by atomic mass is 10.2. The van der Waals surface area contributed by atoms with E-state index in [9.17, 15) is 4.79 Å². The Labute approximate surface area is 133 Å². The van der Waals surface area contributed by atoms with Gasteiger partial charge in [0.25, 0.3) is 5.91 Å². The van der Waals surface area contributed by atoms with Gasteiger partial charge in [0.1, 0.15) is 17.0 Å². The number of carbonyl (C=O) groups is 1. The van der Waals surface area contributed by atoms with Gasteiger partial charge in [-0.3, -0.25) is 4.79 Å². The molecule has 6 heteroatoms. The van der Waals surface area contributed by atoms with Crippen LogP contribution in [0.5, 0.6) is 5.75 Å². The van der Waals surface area contributed by atoms with Crippen molar-refractivity contribution in [3.63, 3.8) is 0 Å². The smallest absolute Gasteiger partial charge is 0.266 e. The summed E-state index contributed by atoms with van der Waals surface area (Å²) in [5.74, 6) is 1.27. The zero-order chi connectivity index (χ0) is 16.4. The molecule has 1 amide bonds. The normalized spacial score (nSPS) is 12.1. The highest BCUT2D eigenvalue weighted by Gasteiger charge is 2.18. The minimum atomic E-state index is -0.695. The number of benzene rings is 1. The molecule has 0 saturated carbocycles. The van der Waals surface area contributed by atoms with Crippen molar-refractivity contribution in [1.29, 1.82) is 0 Å². The number of aryl methyl sites for hydroxylation is 2. The second-order valence-electron chi connectivity index (χ2n) is 5.35. The number of nitrogens with one attached hydrogen (secondary N) is 1. The topological polar surface area (TPSA) is 77.2 Å². The maximum Gasteiger partial charge on any atom is 0.266 e. The van der Waals surface area contributed by atoms with E-state index in [-0.39, 0.29) is 5.91 Å². The lowest BCUT2D eigenvalue weighted by Crippen LogP contribution is -2.30. The number of fused-ring (bicyclic) bond motifs is 1. The molecule has 0 aliphatic heterocycles. The predicted octanol–water partition coefficient (Wildman–Crippen LogP) is 3.25. The number of hydrogen-bond acceptors (Lipinski definition) is 5. The van der Waals surface area contributed by atoms with Crippen molar-refractivity contribution in [1.82, 2.24) is 10.1 Å². The van der Waals surface area contributed by atoms with Gasteiger partial charge in [-0.25, -0.2) is 4.98 Å². The Balaban J connectivity index is 1.78. The molecule has 0 fully saturated rings. The molecule has 6 nitrogen and oxygen atoms in total. The van der Waals surface area contributed by atoms with Crippen molar-refractivity contribution in [2.24, 2.45) is 0 Å². The molecule has 1 aromatic carbocycles. The number of pyridine rings is 1. The SMILES string of the molecule is Cc1ccc2cccc(OC(C)C(=O)Nc3cc(C)on3)c2n1. The summed E-state index contributed by atoms with van der Waals surface area (Å²) >= 11 is 0. The number of rotatable bonds is 4. The molecule has 0 bridgehead atoms. The molecule has 3 rings (SSSR count). The summed E-state index contributed by atoms with van der Waals surface area (Å²) in [6.45, 7) is 5.35. The van der Waals surface area contributed by atoms with Crippen LogP contribution in [-0.2, 0) is 4.79 Å². The number of para-hydroxylation sites is 1. The third-order valence-electron chi connectivity index (χ3n) is 3.37. The molecule has 0 radical (unpaired) electrons. The van der Waals surface area contributed by atoms with E-state index in [2.05, 4.69) is 15.5 Å². The van der Waals surface area contributed by atoms with Crippen molar-refractivity contribution in [2.75, 3.05) is 5.32 Å². The molecule has 23 heavy (non-hydrogen) atoms. The monoisotopic (exact) mass is 311 g/mol. The summed E-state index contributed by atoms with van der Waals surface area (Å²) in [7, 11) is 0. The lowest BCUT2D eigenvalue weighted by molar-refractivity contribution is -0.122. The molecule has 0 saturated heterocycles. The van der Waals surface area contributed by atoms with Gasteiger partial charge in [0.05, 0.1) is 0 Å². The van der Waals surface area contributed by atoms with E-state index in [1.54, 1.807) is 26.0 Å². The maximum absolute atomic E-state index is 12.2. The highest BCUT2D eigenvalue weighted by Crippen LogP contribution is 2.25. The number of aromatic nitrogens is 2. The molecule has 1 unspecified atom stereocenters. The zero-order valence-corrected chi connectivity index (χ0v) is 13.2. The number of carbonyl (C=O) groups excluding carboxylic acids is 1. The quantitative estimate of drug-likeness (QED) is 0.800. The van der Waals surface area contributed by atoms with E-state index < -0.39 is 6.10 Å². The summed E-state index contributed by atoms with van der Waals surface area (Å²) in [6, 6.07) is 11.2. The third kappa shape index (κ3) is 3.31. The molecule has 0 aliphatic rings. The number of ether oxygens (including phenoxy) is 1. The summed E-state index contributed by atoms with van der Waals surface area (Å²) < 4.78 is 10.7. The number of hydrogen-bond donors (Lipinski definition) is 1. The summed E-state index contributed by atoms with van der Waals surface area (Å²) in [6.07, 6.45) is -0.695. The van der Waals surface area contributed by atoms with Crippen LogP contribution >= 0.6 is 0 Å². The number of anilines is 1. The Morgan fingerprint density at radius 3 is 2.83 bits per heavy atom. The standard InChI is InChI=1S/C17H17N3O3/c1-10-7-8-13-5-4-6-14(16(13)18-10)22-12(3)17(21)19-15-9-11(2)23-20-15/h4-9,12H,1-3H3,(H,19,20,21). The van der Waals surface area contributed by atoms with Gasteiger partial charge in [-0.05, 0) is 32.9 Å². The van der Waals surface area contributed by atoms with Gasteiger partial charge in [0.2, 0.25) is 0 Å². The first-order valence-electron chi connectivity index (χ1n) is 7.30. The van der Waals surface area contributed by atoms with E-state index >= 15 is 0 Å². The van der Waals surface area contributed by atoms with Gasteiger partial charge in [0, 0.05) is 17.1 Å². The van der Waals surface area contributed by atoms with Crippen molar-refractivity contribution in [3.05, 3.63) is 47.9 Å². The summed E-state index contributed by atoms with van der Waals surface area (Å²) in [4.78, 5) is 16.7. The molecule has 3 aromatic rings. The molecular weight excluding hydrogens is 294 g/mol.